The van der Waals surface area contributed by atoms with Crippen molar-refractivity contribution in [2.75, 3.05) is 12.3 Å². The van der Waals surface area contributed by atoms with Crippen molar-refractivity contribution < 1.29 is 0 Å². The first-order valence-electron chi connectivity index (χ1n) is 10.7. The van der Waals surface area contributed by atoms with Gasteiger partial charge in [-0.25, -0.2) is 9.97 Å². The summed E-state index contributed by atoms with van der Waals surface area (Å²) in [6.45, 7) is 10.9. The van der Waals surface area contributed by atoms with Crippen molar-refractivity contribution in [2.45, 2.75) is 78.3 Å². The number of aromatic nitrogens is 3. The fourth-order valence-corrected chi connectivity index (χ4v) is 3.71. The summed E-state index contributed by atoms with van der Waals surface area (Å²) in [6, 6.07) is 8.26. The zero-order chi connectivity index (χ0) is 20.1. The van der Waals surface area contributed by atoms with Gasteiger partial charge in [0, 0.05) is 23.9 Å². The maximum absolute atomic E-state index is 6.27. The van der Waals surface area contributed by atoms with Crippen LogP contribution in [0.2, 0.25) is 0 Å². The van der Waals surface area contributed by atoms with Crippen molar-refractivity contribution >= 4 is 27.8 Å². The highest BCUT2D eigenvalue weighted by Gasteiger charge is 2.16. The van der Waals surface area contributed by atoms with Gasteiger partial charge in [-0.15, -0.1) is 0 Å². The van der Waals surface area contributed by atoms with Crippen molar-refractivity contribution in [1.82, 2.24) is 19.9 Å². The summed E-state index contributed by atoms with van der Waals surface area (Å²) < 4.78 is 2.41. The number of fused-ring (bicyclic) bond motifs is 3. The van der Waals surface area contributed by atoms with E-state index in [9.17, 15) is 0 Å². The number of imidazole rings is 1. The molecule has 3 N–H and O–H groups in total. The van der Waals surface area contributed by atoms with Gasteiger partial charge in [0.15, 0.2) is 5.82 Å². The molecule has 0 spiro atoms. The highest BCUT2D eigenvalue weighted by molar-refractivity contribution is 6.06. The second-order valence-corrected chi connectivity index (χ2v) is 8.73. The minimum absolute atomic E-state index is 0.192. The number of aryl methyl sites for hydroxylation is 2. The van der Waals surface area contributed by atoms with Gasteiger partial charge in [0.2, 0.25) is 0 Å². The predicted molar refractivity (Wildman–Crippen MR) is 120 cm³/mol. The molecule has 1 aromatic carbocycles. The summed E-state index contributed by atoms with van der Waals surface area (Å²) in [7, 11) is 0. The largest absolute Gasteiger partial charge is 0.382 e. The number of nitrogens with two attached hydrogens (primary N) is 1. The van der Waals surface area contributed by atoms with Gasteiger partial charge >= 0.3 is 0 Å². The van der Waals surface area contributed by atoms with E-state index in [-0.39, 0.29) is 5.54 Å². The van der Waals surface area contributed by atoms with Crippen molar-refractivity contribution in [2.24, 2.45) is 0 Å². The van der Waals surface area contributed by atoms with Crippen molar-refractivity contribution in [3.05, 3.63) is 30.1 Å². The smallest absolute Gasteiger partial charge is 0.152 e. The van der Waals surface area contributed by atoms with Crippen LogP contribution < -0.4 is 11.1 Å². The highest BCUT2D eigenvalue weighted by Crippen LogP contribution is 2.29. The number of anilines is 1. The van der Waals surface area contributed by atoms with Crippen LogP contribution in [-0.4, -0.2) is 26.6 Å². The summed E-state index contributed by atoms with van der Waals surface area (Å²) in [5.41, 5.74) is 9.43. The normalized spacial score (nSPS) is 12.3. The number of nitrogens with zero attached hydrogens (tertiary/aromatic N) is 3. The molecular formula is C23H35N5. The minimum atomic E-state index is 0.192. The van der Waals surface area contributed by atoms with Crippen LogP contribution in [0.25, 0.3) is 21.9 Å². The van der Waals surface area contributed by atoms with Crippen LogP contribution >= 0.6 is 0 Å². The van der Waals surface area contributed by atoms with E-state index in [2.05, 4.69) is 54.7 Å². The van der Waals surface area contributed by atoms with E-state index in [0.717, 1.165) is 66.5 Å². The quantitative estimate of drug-likeness (QED) is 0.508. The second-order valence-electron chi connectivity index (χ2n) is 8.73. The Hall–Kier alpha value is -2.14. The molecule has 28 heavy (non-hydrogen) atoms. The number of hydrogen-bond acceptors (Lipinski definition) is 4. The first kappa shape index (κ1) is 20.6. The molecule has 5 heteroatoms. The van der Waals surface area contributed by atoms with Gasteiger partial charge in [0.05, 0.1) is 11.0 Å². The van der Waals surface area contributed by atoms with Gasteiger partial charge < -0.3 is 15.6 Å². The lowest BCUT2D eigenvalue weighted by Crippen LogP contribution is -2.36. The van der Waals surface area contributed by atoms with Crippen molar-refractivity contribution in [3.8, 4) is 0 Å². The molecule has 0 fully saturated rings. The molecule has 2 aromatic heterocycles. The molecule has 3 rings (SSSR count). The van der Waals surface area contributed by atoms with Gasteiger partial charge in [-0.1, -0.05) is 38.0 Å². The second kappa shape index (κ2) is 8.91. The number of benzene rings is 1. The van der Waals surface area contributed by atoms with Crippen LogP contribution in [0.1, 0.15) is 65.6 Å². The number of hydrogen-bond donors (Lipinski definition) is 2. The summed E-state index contributed by atoms with van der Waals surface area (Å²) in [5.74, 6) is 1.69. The van der Waals surface area contributed by atoms with Crippen LogP contribution in [0.15, 0.2) is 24.3 Å². The molecule has 152 valence electrons. The van der Waals surface area contributed by atoms with E-state index in [0.29, 0.717) is 5.82 Å². The third-order valence-electron chi connectivity index (χ3n) is 5.16. The Labute approximate surface area is 168 Å². The first-order chi connectivity index (χ1) is 13.4. The number of nitrogens with one attached hydrogen (secondary N) is 1. The zero-order valence-corrected chi connectivity index (χ0v) is 17.9. The fourth-order valence-electron chi connectivity index (χ4n) is 3.71. The monoisotopic (exact) mass is 381 g/mol. The summed E-state index contributed by atoms with van der Waals surface area (Å²) >= 11 is 0. The van der Waals surface area contributed by atoms with Gasteiger partial charge in [-0.2, -0.15) is 0 Å². The van der Waals surface area contributed by atoms with Crippen LogP contribution in [-0.2, 0) is 13.0 Å². The SMILES string of the molecule is CCCCc1nc2c(N)nc3ccccc3c2n1CCCCCNC(C)(C)C. The Kier molecular flexibility index (Phi) is 6.55. The zero-order valence-electron chi connectivity index (χ0n) is 17.9. The lowest BCUT2D eigenvalue weighted by molar-refractivity contribution is 0.414. The van der Waals surface area contributed by atoms with E-state index in [1.54, 1.807) is 0 Å². The lowest BCUT2D eigenvalue weighted by Gasteiger charge is -2.20. The third kappa shape index (κ3) is 4.82. The van der Waals surface area contributed by atoms with Gasteiger partial charge in [0.1, 0.15) is 11.3 Å². The molecule has 0 saturated carbocycles. The van der Waals surface area contributed by atoms with E-state index >= 15 is 0 Å². The third-order valence-corrected chi connectivity index (χ3v) is 5.16. The van der Waals surface area contributed by atoms with Gasteiger partial charge in [-0.3, -0.25) is 0 Å². The van der Waals surface area contributed by atoms with Crippen molar-refractivity contribution in [1.29, 1.82) is 0 Å². The molecule has 5 nitrogen and oxygen atoms in total. The maximum Gasteiger partial charge on any atom is 0.152 e. The van der Waals surface area contributed by atoms with Gasteiger partial charge in [0.25, 0.3) is 0 Å². The Morgan fingerprint density at radius 1 is 1.04 bits per heavy atom. The standard InChI is InChI=1S/C23H35N5/c1-5-6-14-19-27-20-21(17-12-8-9-13-18(17)26-22(20)24)28(19)16-11-7-10-15-25-23(2,3)4/h8-9,12-13,25H,5-7,10-11,14-16H2,1-4H3,(H2,24,26). The van der Waals surface area contributed by atoms with E-state index in [1.807, 2.05) is 12.1 Å². The topological polar surface area (TPSA) is 68.8 Å². The average molecular weight is 382 g/mol. The molecule has 0 radical (unpaired) electrons. The number of nitrogen functional groups attached to an aromatic ring is 1. The molecule has 0 bridgehead atoms. The fraction of sp³-hybridized carbons (Fsp3) is 0.565. The van der Waals surface area contributed by atoms with Crippen LogP contribution in [0.5, 0.6) is 0 Å². The number of para-hydroxylation sites is 1. The molecule has 0 aliphatic rings. The molecule has 0 unspecified atom stereocenters. The molecule has 0 aliphatic heterocycles. The van der Waals surface area contributed by atoms with Crippen LogP contribution in [0, 0.1) is 0 Å². The van der Waals surface area contributed by atoms with Crippen molar-refractivity contribution in [3.63, 3.8) is 0 Å². The Balaban J connectivity index is 1.84. The Morgan fingerprint density at radius 2 is 1.82 bits per heavy atom. The highest BCUT2D eigenvalue weighted by atomic mass is 15.1. The Bertz CT molecular complexity index is 920. The summed E-state index contributed by atoms with van der Waals surface area (Å²) in [4.78, 5) is 9.49. The molecular weight excluding hydrogens is 346 g/mol. The Morgan fingerprint density at radius 3 is 2.57 bits per heavy atom. The van der Waals surface area contributed by atoms with Crippen LogP contribution in [0.3, 0.4) is 0 Å². The number of unbranched alkanes of at least 4 members (excludes halogenated alkanes) is 3. The summed E-state index contributed by atoms with van der Waals surface area (Å²) in [5, 5.41) is 4.72. The number of pyridine rings is 1. The van der Waals surface area contributed by atoms with E-state index in [1.165, 1.54) is 12.8 Å². The predicted octanol–water partition coefficient (Wildman–Crippen LogP) is 5.07. The van der Waals surface area contributed by atoms with Gasteiger partial charge in [-0.05, 0) is 52.6 Å². The van der Waals surface area contributed by atoms with E-state index < -0.39 is 0 Å². The first-order valence-corrected chi connectivity index (χ1v) is 10.7. The molecule has 2 heterocycles. The summed E-state index contributed by atoms with van der Waals surface area (Å²) in [6.07, 6.45) is 6.84. The molecule has 3 aromatic rings. The molecule has 0 atom stereocenters. The molecule has 0 aliphatic carbocycles. The number of rotatable bonds is 9. The lowest BCUT2D eigenvalue weighted by atomic mass is 10.1. The van der Waals surface area contributed by atoms with Crippen LogP contribution in [0.4, 0.5) is 5.82 Å². The average Bonchev–Trinajstić information content (AvgIpc) is 3.01. The minimum Gasteiger partial charge on any atom is -0.382 e. The molecule has 0 amide bonds. The van der Waals surface area contributed by atoms with E-state index in [4.69, 9.17) is 10.7 Å². The maximum atomic E-state index is 6.27. The molecule has 0 saturated heterocycles.